The number of amides is 1. The Morgan fingerprint density at radius 2 is 1.86 bits per heavy atom. The summed E-state index contributed by atoms with van der Waals surface area (Å²) < 4.78 is 0. The zero-order chi connectivity index (χ0) is 10.8. The number of carbonyl (C=O) groups is 1. The van der Waals surface area contributed by atoms with Crippen LogP contribution in [0.5, 0.6) is 0 Å². The van der Waals surface area contributed by atoms with E-state index >= 15 is 0 Å². The van der Waals surface area contributed by atoms with Gasteiger partial charge in [0.1, 0.15) is 0 Å². The highest BCUT2D eigenvalue weighted by atomic mass is 16.1. The maximum atomic E-state index is 11.1. The molecule has 0 unspecified atom stereocenters. The van der Waals surface area contributed by atoms with Crippen LogP contribution in [0.25, 0.3) is 0 Å². The average molecular weight is 200 g/mol. The largest absolute Gasteiger partial charge is 0.356 e. The Bertz CT molecular complexity index is 144. The molecule has 0 heterocycles. The molecule has 0 aromatic heterocycles. The van der Waals surface area contributed by atoms with Gasteiger partial charge >= 0.3 is 0 Å². The van der Waals surface area contributed by atoms with E-state index in [9.17, 15) is 4.79 Å². The first-order valence-electron chi connectivity index (χ1n) is 5.73. The van der Waals surface area contributed by atoms with E-state index in [0.29, 0.717) is 6.42 Å². The molecule has 0 aromatic carbocycles. The Balaban J connectivity index is 3.32. The SMILES string of the molecule is CCCC(=O)NCCCN(CC)CC. The van der Waals surface area contributed by atoms with Crippen LogP contribution in [0.3, 0.4) is 0 Å². The molecular formula is C11H24N2O. The molecule has 0 spiro atoms. The Kier molecular flexibility index (Phi) is 8.64. The van der Waals surface area contributed by atoms with Crippen molar-refractivity contribution in [1.82, 2.24) is 10.2 Å². The molecule has 1 amide bonds. The van der Waals surface area contributed by atoms with Gasteiger partial charge < -0.3 is 10.2 Å². The van der Waals surface area contributed by atoms with Crippen LogP contribution >= 0.6 is 0 Å². The van der Waals surface area contributed by atoms with Gasteiger partial charge in [-0.2, -0.15) is 0 Å². The van der Waals surface area contributed by atoms with E-state index in [0.717, 1.165) is 39.0 Å². The molecule has 0 saturated carbocycles. The predicted molar refractivity (Wildman–Crippen MR) is 60.3 cm³/mol. The van der Waals surface area contributed by atoms with Crippen LogP contribution in [-0.4, -0.2) is 37.0 Å². The molecule has 0 rings (SSSR count). The minimum atomic E-state index is 0.187. The second-order valence-electron chi connectivity index (χ2n) is 3.48. The van der Waals surface area contributed by atoms with Crippen molar-refractivity contribution in [1.29, 1.82) is 0 Å². The fourth-order valence-corrected chi connectivity index (χ4v) is 1.39. The molecule has 0 aromatic rings. The molecule has 0 aliphatic carbocycles. The topological polar surface area (TPSA) is 32.3 Å². The van der Waals surface area contributed by atoms with Crippen LogP contribution in [0.15, 0.2) is 0 Å². The van der Waals surface area contributed by atoms with Gasteiger partial charge in [-0.05, 0) is 32.5 Å². The number of rotatable bonds is 8. The number of hydrogen-bond donors (Lipinski definition) is 1. The first-order valence-corrected chi connectivity index (χ1v) is 5.73. The Hall–Kier alpha value is -0.570. The van der Waals surface area contributed by atoms with Gasteiger partial charge in [0.15, 0.2) is 0 Å². The summed E-state index contributed by atoms with van der Waals surface area (Å²) >= 11 is 0. The second-order valence-corrected chi connectivity index (χ2v) is 3.48. The van der Waals surface area contributed by atoms with Crippen LogP contribution in [0, 0.1) is 0 Å². The normalized spacial score (nSPS) is 10.6. The predicted octanol–water partition coefficient (Wildman–Crippen LogP) is 1.63. The third-order valence-electron chi connectivity index (χ3n) is 2.34. The molecule has 0 saturated heterocycles. The number of nitrogens with zero attached hydrogens (tertiary/aromatic N) is 1. The number of hydrogen-bond acceptors (Lipinski definition) is 2. The van der Waals surface area contributed by atoms with E-state index in [1.807, 2.05) is 6.92 Å². The molecule has 1 N–H and O–H groups in total. The van der Waals surface area contributed by atoms with Crippen LogP contribution < -0.4 is 5.32 Å². The molecule has 0 bridgehead atoms. The van der Waals surface area contributed by atoms with Crippen molar-refractivity contribution in [2.45, 2.75) is 40.0 Å². The summed E-state index contributed by atoms with van der Waals surface area (Å²) in [5.41, 5.74) is 0. The summed E-state index contributed by atoms with van der Waals surface area (Å²) in [5.74, 6) is 0.187. The van der Waals surface area contributed by atoms with Crippen molar-refractivity contribution in [2.75, 3.05) is 26.2 Å². The van der Waals surface area contributed by atoms with Crippen molar-refractivity contribution >= 4 is 5.91 Å². The van der Waals surface area contributed by atoms with E-state index in [-0.39, 0.29) is 5.91 Å². The average Bonchev–Trinajstić information content (AvgIpc) is 2.19. The van der Waals surface area contributed by atoms with Crippen molar-refractivity contribution in [3.8, 4) is 0 Å². The lowest BCUT2D eigenvalue weighted by Crippen LogP contribution is -2.29. The Morgan fingerprint density at radius 3 is 2.36 bits per heavy atom. The van der Waals surface area contributed by atoms with Gasteiger partial charge in [-0.25, -0.2) is 0 Å². The van der Waals surface area contributed by atoms with Gasteiger partial charge in [0.2, 0.25) is 5.91 Å². The lowest BCUT2D eigenvalue weighted by atomic mass is 10.3. The van der Waals surface area contributed by atoms with Crippen LogP contribution in [0.1, 0.15) is 40.0 Å². The second kappa shape index (κ2) is 9.00. The quantitative estimate of drug-likeness (QED) is 0.604. The Labute approximate surface area is 87.9 Å². The van der Waals surface area contributed by atoms with E-state index in [1.165, 1.54) is 0 Å². The smallest absolute Gasteiger partial charge is 0.219 e. The van der Waals surface area contributed by atoms with Gasteiger partial charge in [0, 0.05) is 13.0 Å². The van der Waals surface area contributed by atoms with Crippen LogP contribution in [-0.2, 0) is 4.79 Å². The van der Waals surface area contributed by atoms with Gasteiger partial charge in [-0.3, -0.25) is 4.79 Å². The summed E-state index contributed by atoms with van der Waals surface area (Å²) in [6.45, 7) is 10.4. The molecule has 14 heavy (non-hydrogen) atoms. The van der Waals surface area contributed by atoms with E-state index in [4.69, 9.17) is 0 Å². The molecule has 0 aliphatic heterocycles. The third kappa shape index (κ3) is 6.89. The maximum absolute atomic E-state index is 11.1. The van der Waals surface area contributed by atoms with Crippen molar-refractivity contribution in [2.24, 2.45) is 0 Å². The molecule has 0 fully saturated rings. The lowest BCUT2D eigenvalue weighted by Gasteiger charge is -2.17. The summed E-state index contributed by atoms with van der Waals surface area (Å²) in [6.07, 6.45) is 2.64. The van der Waals surface area contributed by atoms with E-state index in [1.54, 1.807) is 0 Å². The molecular weight excluding hydrogens is 176 g/mol. The zero-order valence-electron chi connectivity index (χ0n) is 9.81. The van der Waals surface area contributed by atoms with Crippen LogP contribution in [0.2, 0.25) is 0 Å². The molecule has 3 heteroatoms. The monoisotopic (exact) mass is 200 g/mol. The van der Waals surface area contributed by atoms with Gasteiger partial charge in [-0.1, -0.05) is 20.8 Å². The minimum absolute atomic E-state index is 0.187. The van der Waals surface area contributed by atoms with Gasteiger partial charge in [-0.15, -0.1) is 0 Å². The maximum Gasteiger partial charge on any atom is 0.219 e. The van der Waals surface area contributed by atoms with Crippen molar-refractivity contribution in [3.63, 3.8) is 0 Å². The molecule has 0 atom stereocenters. The van der Waals surface area contributed by atoms with Gasteiger partial charge in [0.25, 0.3) is 0 Å². The van der Waals surface area contributed by atoms with Crippen LogP contribution in [0.4, 0.5) is 0 Å². The minimum Gasteiger partial charge on any atom is -0.356 e. The highest BCUT2D eigenvalue weighted by Crippen LogP contribution is 1.90. The summed E-state index contributed by atoms with van der Waals surface area (Å²) in [5, 5.41) is 2.92. The Morgan fingerprint density at radius 1 is 1.21 bits per heavy atom. The summed E-state index contributed by atoms with van der Waals surface area (Å²) in [4.78, 5) is 13.5. The molecule has 3 nitrogen and oxygen atoms in total. The van der Waals surface area contributed by atoms with Gasteiger partial charge in [0.05, 0.1) is 0 Å². The van der Waals surface area contributed by atoms with Crippen molar-refractivity contribution < 1.29 is 4.79 Å². The first-order chi connectivity index (χ1) is 6.74. The van der Waals surface area contributed by atoms with E-state index in [2.05, 4.69) is 24.1 Å². The fraction of sp³-hybridized carbons (Fsp3) is 0.909. The molecule has 0 aliphatic rings. The summed E-state index contributed by atoms with van der Waals surface area (Å²) in [7, 11) is 0. The standard InChI is InChI=1S/C11H24N2O/c1-4-8-11(14)12-9-7-10-13(5-2)6-3/h4-10H2,1-3H3,(H,12,14). The zero-order valence-corrected chi connectivity index (χ0v) is 9.81. The van der Waals surface area contributed by atoms with E-state index < -0.39 is 0 Å². The summed E-state index contributed by atoms with van der Waals surface area (Å²) in [6, 6.07) is 0. The first kappa shape index (κ1) is 13.4. The number of nitrogens with one attached hydrogen (secondary N) is 1. The highest BCUT2D eigenvalue weighted by Gasteiger charge is 2.00. The number of carbonyl (C=O) groups excluding carboxylic acids is 1. The fourth-order valence-electron chi connectivity index (χ4n) is 1.39. The molecule has 0 radical (unpaired) electrons. The third-order valence-corrected chi connectivity index (χ3v) is 2.34. The highest BCUT2D eigenvalue weighted by molar-refractivity contribution is 5.75. The lowest BCUT2D eigenvalue weighted by molar-refractivity contribution is -0.121. The van der Waals surface area contributed by atoms with Crippen molar-refractivity contribution in [3.05, 3.63) is 0 Å². The molecule has 84 valence electrons.